The second-order valence-electron chi connectivity index (χ2n) is 10.9. The van der Waals surface area contributed by atoms with Crippen molar-refractivity contribution in [2.24, 2.45) is 17.3 Å². The van der Waals surface area contributed by atoms with Gasteiger partial charge in [0.2, 0.25) is 11.8 Å². The molecule has 3 aromatic rings. The third kappa shape index (κ3) is 4.11. The van der Waals surface area contributed by atoms with Crippen LogP contribution in [0.2, 0.25) is 0 Å². The van der Waals surface area contributed by atoms with Crippen molar-refractivity contribution in [3.05, 3.63) is 46.1 Å². The van der Waals surface area contributed by atoms with E-state index in [9.17, 15) is 22.8 Å². The lowest BCUT2D eigenvalue weighted by atomic mass is 9.95. The number of hydrogen-bond donors (Lipinski definition) is 1. The number of imide groups is 1. The molecule has 2 saturated heterocycles. The fourth-order valence-corrected chi connectivity index (χ4v) is 6.99. The van der Waals surface area contributed by atoms with Crippen molar-refractivity contribution >= 4 is 33.4 Å². The summed E-state index contributed by atoms with van der Waals surface area (Å²) in [5, 5.41) is 3.26. The number of fused-ring (bicyclic) bond motifs is 2. The van der Waals surface area contributed by atoms with Crippen LogP contribution in [-0.4, -0.2) is 52.5 Å². The number of thiophene rings is 1. The topological polar surface area (TPSA) is 84.4 Å². The van der Waals surface area contributed by atoms with Crippen LogP contribution in [0, 0.1) is 24.2 Å². The van der Waals surface area contributed by atoms with Gasteiger partial charge in [0.05, 0.1) is 47.0 Å². The van der Waals surface area contributed by atoms with E-state index in [1.54, 1.807) is 25.3 Å². The summed E-state index contributed by atoms with van der Waals surface area (Å²) >= 11 is 1.33. The Bertz CT molecular complexity index is 1440. The Morgan fingerprint density at radius 3 is 2.61 bits per heavy atom. The summed E-state index contributed by atoms with van der Waals surface area (Å²) in [6.07, 6.45) is -2.81. The van der Waals surface area contributed by atoms with E-state index < -0.39 is 11.9 Å². The molecule has 200 valence electrons. The molecule has 3 aliphatic rings. The predicted octanol–water partition coefficient (Wildman–Crippen LogP) is 4.36. The molecule has 11 heteroatoms. The van der Waals surface area contributed by atoms with Crippen LogP contribution in [0.4, 0.5) is 13.2 Å². The molecule has 2 unspecified atom stereocenters. The molecule has 3 fully saturated rings. The number of aryl methyl sites for hydroxylation is 1. The van der Waals surface area contributed by atoms with Crippen LogP contribution in [0.5, 0.6) is 0 Å². The highest BCUT2D eigenvalue weighted by atomic mass is 32.1. The molecule has 6 rings (SSSR count). The van der Waals surface area contributed by atoms with Gasteiger partial charge in [-0.2, -0.15) is 13.2 Å². The number of nitrogens with zero attached hydrogens (tertiary/aromatic N) is 3. The molecule has 2 aliphatic heterocycles. The van der Waals surface area contributed by atoms with E-state index in [1.807, 2.05) is 13.8 Å². The third-order valence-corrected chi connectivity index (χ3v) is 9.14. The smallest absolute Gasteiger partial charge is 0.375 e. The highest BCUT2D eigenvalue weighted by Crippen LogP contribution is 2.63. The minimum Gasteiger partial charge on any atom is -0.375 e. The van der Waals surface area contributed by atoms with Gasteiger partial charge in [-0.15, -0.1) is 11.3 Å². The summed E-state index contributed by atoms with van der Waals surface area (Å²) in [5.41, 5.74) is 1.33. The van der Waals surface area contributed by atoms with Gasteiger partial charge in [-0.3, -0.25) is 19.5 Å². The summed E-state index contributed by atoms with van der Waals surface area (Å²) in [6, 6.07) is 4.57. The lowest BCUT2D eigenvalue weighted by molar-refractivity contribution is -0.144. The van der Waals surface area contributed by atoms with Gasteiger partial charge in [0.25, 0.3) is 0 Å². The maximum absolute atomic E-state index is 13.8. The number of pyridine rings is 2. The molecule has 0 bridgehead atoms. The molecule has 2 amide bonds. The van der Waals surface area contributed by atoms with E-state index in [4.69, 9.17) is 4.74 Å². The number of hydrogen-bond acceptors (Lipinski definition) is 7. The summed E-state index contributed by atoms with van der Waals surface area (Å²) in [7, 11) is 0. The number of rotatable bonds is 5. The minimum absolute atomic E-state index is 0.130. The molecule has 5 heterocycles. The van der Waals surface area contributed by atoms with Crippen LogP contribution in [0.15, 0.2) is 24.4 Å². The maximum Gasteiger partial charge on any atom is 0.433 e. The number of piperidine rings is 1. The maximum atomic E-state index is 13.8. The number of likely N-dealkylation sites (tertiary alicyclic amines) is 1. The Labute approximate surface area is 221 Å². The summed E-state index contributed by atoms with van der Waals surface area (Å²) < 4.78 is 47.9. The van der Waals surface area contributed by atoms with Gasteiger partial charge in [0.1, 0.15) is 5.69 Å². The van der Waals surface area contributed by atoms with Crippen LogP contribution < -0.4 is 5.32 Å². The molecule has 1 aliphatic carbocycles. The molecule has 0 spiro atoms. The number of carbonyl (C=O) groups is 2. The summed E-state index contributed by atoms with van der Waals surface area (Å²) in [5.74, 6) is -0.854. The van der Waals surface area contributed by atoms with Crippen molar-refractivity contribution in [1.82, 2.24) is 20.2 Å². The second-order valence-corrected chi connectivity index (χ2v) is 12.0. The zero-order chi connectivity index (χ0) is 27.0. The highest BCUT2D eigenvalue weighted by molar-refractivity contribution is 7.19. The van der Waals surface area contributed by atoms with Crippen LogP contribution in [0.3, 0.4) is 0 Å². The van der Waals surface area contributed by atoms with E-state index >= 15 is 0 Å². The van der Waals surface area contributed by atoms with Crippen molar-refractivity contribution in [2.45, 2.75) is 46.0 Å². The van der Waals surface area contributed by atoms with E-state index in [1.165, 1.54) is 16.2 Å². The average Bonchev–Trinajstić information content (AvgIpc) is 3.10. The number of carbonyl (C=O) groups excluding carboxylic acids is 2. The number of nitrogens with one attached hydrogen (secondary N) is 1. The largest absolute Gasteiger partial charge is 0.433 e. The first-order valence-electron chi connectivity index (χ1n) is 12.6. The molecule has 3 aromatic heterocycles. The normalized spacial score (nSPS) is 24.8. The monoisotopic (exact) mass is 544 g/mol. The van der Waals surface area contributed by atoms with Crippen LogP contribution >= 0.6 is 11.3 Å². The number of halogens is 3. The van der Waals surface area contributed by atoms with Crippen molar-refractivity contribution in [2.75, 3.05) is 19.7 Å². The number of morpholine rings is 1. The average molecular weight is 545 g/mol. The minimum atomic E-state index is -4.60. The predicted molar refractivity (Wildman–Crippen MR) is 135 cm³/mol. The fraction of sp³-hybridized carbons (Fsp3) is 0.481. The Kier molecular flexibility index (Phi) is 5.89. The fourth-order valence-electron chi connectivity index (χ4n) is 5.87. The van der Waals surface area contributed by atoms with Gasteiger partial charge >= 0.3 is 6.18 Å². The number of ether oxygens (including phenoxy) is 1. The summed E-state index contributed by atoms with van der Waals surface area (Å²) in [4.78, 5) is 36.3. The quantitative estimate of drug-likeness (QED) is 0.481. The molecule has 1 saturated carbocycles. The van der Waals surface area contributed by atoms with E-state index in [0.717, 1.165) is 17.5 Å². The van der Waals surface area contributed by atoms with Crippen LogP contribution in [0.1, 0.15) is 35.5 Å². The van der Waals surface area contributed by atoms with Gasteiger partial charge in [-0.25, -0.2) is 4.98 Å². The third-order valence-electron chi connectivity index (χ3n) is 8.00. The molecule has 3 atom stereocenters. The van der Waals surface area contributed by atoms with Crippen molar-refractivity contribution < 1.29 is 27.5 Å². The second kappa shape index (κ2) is 8.82. The highest BCUT2D eigenvalue weighted by Gasteiger charge is 2.72. The lowest BCUT2D eigenvalue weighted by Gasteiger charge is -2.25. The first-order valence-corrected chi connectivity index (χ1v) is 13.4. The zero-order valence-electron chi connectivity index (χ0n) is 21.2. The molecular formula is C27H27F3N4O3S. The lowest BCUT2D eigenvalue weighted by Crippen LogP contribution is -2.39. The standard InChI is InChI=1S/C27H27F3N4O3S/c1-13-8-19(27(28,29)30)33-22(17(13)9-14-11-31-6-7-37-14)16-4-5-32-18-10-15(38-23(16)18)12-34-24(35)20-21(25(34)36)26(20,2)3/h4-5,8,10,14,20-21,31H,6-7,9,11-12H2,1-3H3/t14-,20?,21?/m0/s1. The number of alkyl halides is 3. The molecule has 38 heavy (non-hydrogen) atoms. The van der Waals surface area contributed by atoms with E-state index in [0.29, 0.717) is 46.5 Å². The van der Waals surface area contributed by atoms with Crippen molar-refractivity contribution in [3.8, 4) is 11.3 Å². The van der Waals surface area contributed by atoms with E-state index in [-0.39, 0.29) is 47.4 Å². The van der Waals surface area contributed by atoms with Crippen molar-refractivity contribution in [3.63, 3.8) is 0 Å². The zero-order valence-corrected chi connectivity index (χ0v) is 22.0. The van der Waals surface area contributed by atoms with Gasteiger partial charge in [-0.1, -0.05) is 13.8 Å². The van der Waals surface area contributed by atoms with E-state index in [2.05, 4.69) is 15.3 Å². The molecule has 0 radical (unpaired) electrons. The van der Waals surface area contributed by atoms with Crippen molar-refractivity contribution in [1.29, 1.82) is 0 Å². The first-order chi connectivity index (χ1) is 18.0. The van der Waals surface area contributed by atoms with Crippen LogP contribution in [0.25, 0.3) is 21.5 Å². The molecule has 0 aromatic carbocycles. The number of amides is 2. The van der Waals surface area contributed by atoms with Crippen LogP contribution in [-0.2, 0) is 33.5 Å². The Morgan fingerprint density at radius 1 is 1.21 bits per heavy atom. The molecule has 7 nitrogen and oxygen atoms in total. The molecular weight excluding hydrogens is 517 g/mol. The van der Waals surface area contributed by atoms with Gasteiger partial charge in [0, 0.05) is 36.1 Å². The van der Waals surface area contributed by atoms with Gasteiger partial charge in [-0.05, 0) is 41.7 Å². The summed E-state index contributed by atoms with van der Waals surface area (Å²) in [6.45, 7) is 7.53. The Hall–Kier alpha value is -2.89. The number of aromatic nitrogens is 2. The molecule has 1 N–H and O–H groups in total. The first kappa shape index (κ1) is 25.4. The van der Waals surface area contributed by atoms with Gasteiger partial charge < -0.3 is 10.1 Å². The SMILES string of the molecule is Cc1cc(C(F)(F)F)nc(-c2ccnc3cc(CN4C(=O)C5C(C4=O)C5(C)C)sc23)c1C[C@H]1CNCCO1. The Balaban J connectivity index is 1.39. The Morgan fingerprint density at radius 2 is 1.95 bits per heavy atom. The van der Waals surface area contributed by atoms with Gasteiger partial charge in [0.15, 0.2) is 0 Å².